The Balaban J connectivity index is 1.67. The van der Waals surface area contributed by atoms with Crippen molar-refractivity contribution >= 4 is 39.9 Å². The van der Waals surface area contributed by atoms with Crippen molar-refractivity contribution in [1.82, 2.24) is 9.55 Å². The molecule has 0 radical (unpaired) electrons. The molecule has 0 aliphatic rings. The number of hydrogen-bond donors (Lipinski definition) is 2. The van der Waals surface area contributed by atoms with Crippen molar-refractivity contribution in [2.24, 2.45) is 0 Å². The second-order valence-electron chi connectivity index (χ2n) is 7.00. The van der Waals surface area contributed by atoms with Crippen LogP contribution < -0.4 is 16.2 Å². The minimum Gasteiger partial charge on any atom is -0.308 e. The number of hydrogen-bond acceptors (Lipinski definition) is 3. The minimum atomic E-state index is -0.469. The molecule has 0 unspecified atom stereocenters. The molecule has 2 amide bonds. The highest BCUT2D eigenvalue weighted by Crippen LogP contribution is 2.23. The Morgan fingerprint density at radius 1 is 1.03 bits per heavy atom. The first-order valence-corrected chi connectivity index (χ1v) is 9.84. The van der Waals surface area contributed by atoms with E-state index in [1.807, 2.05) is 0 Å². The maximum atomic E-state index is 13.3. The number of rotatable bonds is 3. The van der Waals surface area contributed by atoms with Crippen LogP contribution in [0.3, 0.4) is 0 Å². The molecule has 0 aliphatic carbocycles. The molecule has 3 aromatic carbocycles. The lowest BCUT2D eigenvalue weighted by atomic mass is 10.2. The molecule has 6 nitrogen and oxygen atoms in total. The Morgan fingerprint density at radius 3 is 2.52 bits per heavy atom. The summed E-state index contributed by atoms with van der Waals surface area (Å²) < 4.78 is 14.7. The van der Waals surface area contributed by atoms with E-state index in [0.29, 0.717) is 38.8 Å². The zero-order chi connectivity index (χ0) is 22.1. The van der Waals surface area contributed by atoms with Crippen LogP contribution in [0.15, 0.2) is 65.5 Å². The van der Waals surface area contributed by atoms with Crippen LogP contribution in [-0.4, -0.2) is 15.6 Å². The van der Waals surface area contributed by atoms with Gasteiger partial charge in [-0.15, -0.1) is 0 Å². The Labute approximate surface area is 182 Å². The zero-order valence-corrected chi connectivity index (χ0v) is 17.5. The molecule has 2 N–H and O–H groups in total. The van der Waals surface area contributed by atoms with Crippen molar-refractivity contribution in [2.75, 3.05) is 10.6 Å². The monoisotopic (exact) mass is 436 g/mol. The zero-order valence-electron chi connectivity index (χ0n) is 16.7. The van der Waals surface area contributed by atoms with Gasteiger partial charge < -0.3 is 10.6 Å². The van der Waals surface area contributed by atoms with E-state index in [-0.39, 0.29) is 5.56 Å². The number of urea groups is 1. The molecule has 1 aromatic heterocycles. The van der Waals surface area contributed by atoms with Crippen LogP contribution in [0.2, 0.25) is 5.02 Å². The average Bonchev–Trinajstić information content (AvgIpc) is 2.73. The molecule has 0 saturated heterocycles. The molecule has 0 saturated carbocycles. The van der Waals surface area contributed by atoms with Gasteiger partial charge in [0, 0.05) is 16.4 Å². The summed E-state index contributed by atoms with van der Waals surface area (Å²) in [6.07, 6.45) is 0. The van der Waals surface area contributed by atoms with Gasteiger partial charge in [0.15, 0.2) is 0 Å². The van der Waals surface area contributed by atoms with Gasteiger partial charge in [-0.2, -0.15) is 0 Å². The van der Waals surface area contributed by atoms with E-state index in [0.717, 1.165) is 5.56 Å². The van der Waals surface area contributed by atoms with Crippen molar-refractivity contribution in [2.45, 2.75) is 13.8 Å². The van der Waals surface area contributed by atoms with Crippen LogP contribution >= 0.6 is 11.6 Å². The molecule has 31 heavy (non-hydrogen) atoms. The van der Waals surface area contributed by atoms with Crippen LogP contribution in [-0.2, 0) is 0 Å². The number of aryl methyl sites for hydroxylation is 1. The summed E-state index contributed by atoms with van der Waals surface area (Å²) in [7, 11) is 0. The minimum absolute atomic E-state index is 0.316. The molecule has 0 aliphatic heterocycles. The van der Waals surface area contributed by atoms with E-state index in [9.17, 15) is 14.0 Å². The van der Waals surface area contributed by atoms with Crippen LogP contribution in [0.25, 0.3) is 16.6 Å². The number of benzene rings is 3. The van der Waals surface area contributed by atoms with E-state index in [4.69, 9.17) is 11.6 Å². The average molecular weight is 437 g/mol. The van der Waals surface area contributed by atoms with Gasteiger partial charge in [-0.05, 0) is 74.0 Å². The third kappa shape index (κ3) is 4.13. The van der Waals surface area contributed by atoms with Crippen molar-refractivity contribution in [1.29, 1.82) is 0 Å². The quantitative estimate of drug-likeness (QED) is 0.449. The van der Waals surface area contributed by atoms with Crippen LogP contribution in [0.4, 0.5) is 20.6 Å². The number of fused-ring (bicyclic) bond motifs is 1. The molecule has 4 aromatic rings. The van der Waals surface area contributed by atoms with Gasteiger partial charge in [0.1, 0.15) is 11.6 Å². The van der Waals surface area contributed by atoms with Gasteiger partial charge in [-0.1, -0.05) is 17.7 Å². The normalized spacial score (nSPS) is 10.8. The molecule has 0 spiro atoms. The number of carbonyl (C=O) groups excluding carboxylic acids is 1. The second kappa shape index (κ2) is 8.20. The topological polar surface area (TPSA) is 76.0 Å². The first-order valence-electron chi connectivity index (χ1n) is 9.46. The molecular weight excluding hydrogens is 419 g/mol. The predicted molar refractivity (Wildman–Crippen MR) is 121 cm³/mol. The fourth-order valence-electron chi connectivity index (χ4n) is 3.30. The summed E-state index contributed by atoms with van der Waals surface area (Å²) in [5.41, 5.74) is 2.45. The Bertz CT molecular complexity index is 1370. The summed E-state index contributed by atoms with van der Waals surface area (Å²) in [4.78, 5) is 30.0. The molecule has 0 atom stereocenters. The number of anilines is 2. The Kier molecular flexibility index (Phi) is 5.44. The lowest BCUT2D eigenvalue weighted by Crippen LogP contribution is -2.23. The first-order chi connectivity index (χ1) is 14.8. The fourth-order valence-corrected chi connectivity index (χ4v) is 3.47. The Morgan fingerprint density at radius 2 is 1.77 bits per heavy atom. The summed E-state index contributed by atoms with van der Waals surface area (Å²) in [6.45, 7) is 3.51. The highest BCUT2D eigenvalue weighted by Gasteiger charge is 2.12. The third-order valence-electron chi connectivity index (χ3n) is 4.89. The largest absolute Gasteiger partial charge is 0.323 e. The SMILES string of the molecule is Cc1c(Cl)cccc1NC(=O)Nc1ccc2nc(C)n(-c3ccc(F)cc3)c(=O)c2c1. The van der Waals surface area contributed by atoms with Gasteiger partial charge >= 0.3 is 6.03 Å². The third-order valence-corrected chi connectivity index (χ3v) is 5.30. The lowest BCUT2D eigenvalue weighted by molar-refractivity contribution is 0.262. The van der Waals surface area contributed by atoms with Gasteiger partial charge in [0.2, 0.25) is 0 Å². The molecule has 4 rings (SSSR count). The number of nitrogens with one attached hydrogen (secondary N) is 2. The van der Waals surface area contributed by atoms with E-state index < -0.39 is 11.8 Å². The number of nitrogens with zero attached hydrogens (tertiary/aromatic N) is 2. The summed E-state index contributed by atoms with van der Waals surface area (Å²) >= 11 is 6.09. The maximum absolute atomic E-state index is 13.3. The number of amides is 2. The lowest BCUT2D eigenvalue weighted by Gasteiger charge is -2.13. The molecular formula is C23H18ClFN4O2. The molecule has 156 valence electrons. The van der Waals surface area contributed by atoms with Crippen molar-refractivity contribution in [3.8, 4) is 5.69 Å². The molecule has 0 fully saturated rings. The summed E-state index contributed by atoms with van der Waals surface area (Å²) in [5.74, 6) is 0.0784. The van der Waals surface area contributed by atoms with Gasteiger partial charge in [0.25, 0.3) is 5.56 Å². The first kappa shape index (κ1) is 20.6. The Hall–Kier alpha value is -3.71. The highest BCUT2D eigenvalue weighted by atomic mass is 35.5. The van der Waals surface area contributed by atoms with Gasteiger partial charge in [0.05, 0.1) is 16.6 Å². The van der Waals surface area contributed by atoms with Crippen molar-refractivity contribution in [3.63, 3.8) is 0 Å². The van der Waals surface area contributed by atoms with E-state index in [1.54, 1.807) is 50.2 Å². The summed E-state index contributed by atoms with van der Waals surface area (Å²) in [6, 6.07) is 15.3. The smallest absolute Gasteiger partial charge is 0.308 e. The van der Waals surface area contributed by atoms with Crippen molar-refractivity contribution in [3.05, 3.63) is 93.2 Å². The van der Waals surface area contributed by atoms with Gasteiger partial charge in [-0.3, -0.25) is 9.36 Å². The number of carbonyl (C=O) groups is 1. The standard InChI is InChI=1S/C23H18ClFN4O2/c1-13-19(24)4-3-5-20(13)28-23(31)27-16-8-11-21-18(12-16)22(30)29(14(2)26-21)17-9-6-15(25)7-10-17/h3-12H,1-2H3,(H2,27,28,31). The molecule has 1 heterocycles. The van der Waals surface area contributed by atoms with E-state index >= 15 is 0 Å². The maximum Gasteiger partial charge on any atom is 0.323 e. The van der Waals surface area contributed by atoms with E-state index in [1.165, 1.54) is 28.8 Å². The van der Waals surface area contributed by atoms with Crippen molar-refractivity contribution < 1.29 is 9.18 Å². The predicted octanol–water partition coefficient (Wildman–Crippen LogP) is 5.44. The fraction of sp³-hybridized carbons (Fsp3) is 0.0870. The second-order valence-corrected chi connectivity index (χ2v) is 7.41. The highest BCUT2D eigenvalue weighted by molar-refractivity contribution is 6.31. The van der Waals surface area contributed by atoms with Crippen LogP contribution in [0.1, 0.15) is 11.4 Å². The van der Waals surface area contributed by atoms with E-state index in [2.05, 4.69) is 15.6 Å². The van der Waals surface area contributed by atoms with Crippen LogP contribution in [0, 0.1) is 19.7 Å². The van der Waals surface area contributed by atoms with Gasteiger partial charge in [-0.25, -0.2) is 14.2 Å². The van der Waals surface area contributed by atoms with Crippen LogP contribution in [0.5, 0.6) is 0 Å². The summed E-state index contributed by atoms with van der Waals surface area (Å²) in [5, 5.41) is 6.34. The molecule has 0 bridgehead atoms. The molecule has 8 heteroatoms. The number of halogens is 2. The number of aromatic nitrogens is 2.